The Hall–Kier alpha value is -2.01. The van der Waals surface area contributed by atoms with Crippen LogP contribution in [0.4, 0.5) is 0 Å². The van der Waals surface area contributed by atoms with E-state index < -0.39 is 0 Å². The lowest BCUT2D eigenvalue weighted by atomic mass is 10.2. The average Bonchev–Trinajstić information content (AvgIpc) is 2.88. The van der Waals surface area contributed by atoms with Gasteiger partial charge in [0.05, 0.1) is 7.11 Å². The normalized spacial score (nSPS) is 10.5. The highest BCUT2D eigenvalue weighted by atomic mass is 16.5. The summed E-state index contributed by atoms with van der Waals surface area (Å²) in [6.07, 6.45) is 4.42. The molecule has 0 amide bonds. The zero-order chi connectivity index (χ0) is 12.8. The smallest absolute Gasteiger partial charge is 0.160 e. The molecule has 0 saturated carbocycles. The molecule has 5 heteroatoms. The van der Waals surface area contributed by atoms with Crippen molar-refractivity contribution in [1.82, 2.24) is 15.3 Å². The van der Waals surface area contributed by atoms with Crippen molar-refractivity contribution < 1.29 is 9.84 Å². The number of hydrogen-bond acceptors (Lipinski definition) is 4. The Morgan fingerprint density at radius 1 is 1.44 bits per heavy atom. The standard InChI is InChI=1S/C13H17N3O2/c1-18-12-3-2-10(8-11(12)17)9-14-5-4-13-15-6-7-16-13/h2-3,6-8,14,17H,4-5,9H2,1H3,(H,15,16). The van der Waals surface area contributed by atoms with Crippen molar-refractivity contribution in [2.24, 2.45) is 0 Å². The second-order valence-corrected chi connectivity index (χ2v) is 3.97. The molecular formula is C13H17N3O2. The van der Waals surface area contributed by atoms with Crippen LogP contribution >= 0.6 is 0 Å². The van der Waals surface area contributed by atoms with Gasteiger partial charge in [-0.1, -0.05) is 6.07 Å². The highest BCUT2D eigenvalue weighted by molar-refractivity contribution is 5.41. The van der Waals surface area contributed by atoms with Crippen molar-refractivity contribution in [3.05, 3.63) is 42.0 Å². The van der Waals surface area contributed by atoms with Crippen LogP contribution in [0.15, 0.2) is 30.6 Å². The summed E-state index contributed by atoms with van der Waals surface area (Å²) in [5.41, 5.74) is 1.02. The zero-order valence-corrected chi connectivity index (χ0v) is 10.3. The molecule has 1 heterocycles. The first-order valence-corrected chi connectivity index (χ1v) is 5.84. The Labute approximate surface area is 106 Å². The van der Waals surface area contributed by atoms with Crippen LogP contribution in [0.25, 0.3) is 0 Å². The number of ether oxygens (including phenoxy) is 1. The fourth-order valence-corrected chi connectivity index (χ4v) is 1.72. The number of imidazole rings is 1. The molecule has 0 fully saturated rings. The molecule has 0 atom stereocenters. The van der Waals surface area contributed by atoms with Crippen LogP contribution in [0.3, 0.4) is 0 Å². The highest BCUT2D eigenvalue weighted by Gasteiger charge is 2.02. The third-order valence-corrected chi connectivity index (χ3v) is 2.67. The second-order valence-electron chi connectivity index (χ2n) is 3.97. The van der Waals surface area contributed by atoms with E-state index in [2.05, 4.69) is 15.3 Å². The van der Waals surface area contributed by atoms with Crippen molar-refractivity contribution in [3.63, 3.8) is 0 Å². The van der Waals surface area contributed by atoms with E-state index in [-0.39, 0.29) is 5.75 Å². The van der Waals surface area contributed by atoms with Crippen LogP contribution in [0, 0.1) is 0 Å². The molecule has 0 spiro atoms. The topological polar surface area (TPSA) is 70.2 Å². The first-order chi connectivity index (χ1) is 8.79. The van der Waals surface area contributed by atoms with E-state index in [1.807, 2.05) is 12.3 Å². The molecule has 1 aromatic heterocycles. The number of hydrogen-bond donors (Lipinski definition) is 3. The molecular weight excluding hydrogens is 230 g/mol. The van der Waals surface area contributed by atoms with E-state index in [9.17, 15) is 5.11 Å². The fraction of sp³-hybridized carbons (Fsp3) is 0.308. The summed E-state index contributed by atoms with van der Waals surface area (Å²) in [5, 5.41) is 12.9. The highest BCUT2D eigenvalue weighted by Crippen LogP contribution is 2.25. The van der Waals surface area contributed by atoms with E-state index in [1.54, 1.807) is 18.3 Å². The summed E-state index contributed by atoms with van der Waals surface area (Å²) in [7, 11) is 1.54. The molecule has 0 bridgehead atoms. The van der Waals surface area contributed by atoms with Crippen molar-refractivity contribution in [3.8, 4) is 11.5 Å². The molecule has 3 N–H and O–H groups in total. The number of aromatic nitrogens is 2. The zero-order valence-electron chi connectivity index (χ0n) is 10.3. The van der Waals surface area contributed by atoms with Crippen molar-refractivity contribution in [1.29, 1.82) is 0 Å². The quantitative estimate of drug-likeness (QED) is 0.676. The molecule has 2 aromatic rings. The monoisotopic (exact) mass is 247 g/mol. The molecule has 0 aliphatic carbocycles. The molecule has 96 valence electrons. The van der Waals surface area contributed by atoms with Gasteiger partial charge >= 0.3 is 0 Å². The first-order valence-electron chi connectivity index (χ1n) is 5.84. The van der Waals surface area contributed by atoms with Crippen molar-refractivity contribution >= 4 is 0 Å². The second kappa shape index (κ2) is 6.07. The number of nitrogens with zero attached hydrogens (tertiary/aromatic N) is 1. The predicted molar refractivity (Wildman–Crippen MR) is 68.7 cm³/mol. The van der Waals surface area contributed by atoms with Gasteiger partial charge < -0.3 is 20.1 Å². The molecule has 0 unspecified atom stereocenters. The number of phenolic OH excluding ortho intramolecular Hbond substituents is 1. The Bertz CT molecular complexity index is 483. The lowest BCUT2D eigenvalue weighted by molar-refractivity contribution is 0.373. The summed E-state index contributed by atoms with van der Waals surface area (Å²) < 4.78 is 4.99. The van der Waals surface area contributed by atoms with E-state index >= 15 is 0 Å². The Morgan fingerprint density at radius 2 is 2.33 bits per heavy atom. The van der Waals surface area contributed by atoms with E-state index in [4.69, 9.17) is 4.74 Å². The third-order valence-electron chi connectivity index (χ3n) is 2.67. The van der Waals surface area contributed by atoms with Crippen LogP contribution in [-0.2, 0) is 13.0 Å². The molecule has 0 radical (unpaired) electrons. The Morgan fingerprint density at radius 3 is 3.00 bits per heavy atom. The van der Waals surface area contributed by atoms with Gasteiger partial charge in [0.15, 0.2) is 11.5 Å². The number of benzene rings is 1. The van der Waals surface area contributed by atoms with Crippen LogP contribution in [0.1, 0.15) is 11.4 Å². The molecule has 0 saturated heterocycles. The molecule has 0 aliphatic rings. The van der Waals surface area contributed by atoms with Gasteiger partial charge in [-0.15, -0.1) is 0 Å². The maximum absolute atomic E-state index is 9.63. The molecule has 2 rings (SSSR count). The minimum Gasteiger partial charge on any atom is -0.504 e. The molecule has 0 aliphatic heterocycles. The van der Waals surface area contributed by atoms with Crippen molar-refractivity contribution in [2.75, 3.05) is 13.7 Å². The summed E-state index contributed by atoms with van der Waals surface area (Å²) in [6, 6.07) is 5.40. The minimum absolute atomic E-state index is 0.169. The summed E-state index contributed by atoms with van der Waals surface area (Å²) in [5.74, 6) is 1.64. The number of nitrogens with one attached hydrogen (secondary N) is 2. The lowest BCUT2D eigenvalue weighted by Gasteiger charge is -2.07. The van der Waals surface area contributed by atoms with Crippen LogP contribution in [0.5, 0.6) is 11.5 Å². The number of rotatable bonds is 6. The van der Waals surface area contributed by atoms with Crippen LogP contribution < -0.4 is 10.1 Å². The van der Waals surface area contributed by atoms with Gasteiger partial charge in [-0.2, -0.15) is 0 Å². The van der Waals surface area contributed by atoms with Gasteiger partial charge in [0.1, 0.15) is 5.82 Å². The lowest BCUT2D eigenvalue weighted by Crippen LogP contribution is -2.17. The average molecular weight is 247 g/mol. The predicted octanol–water partition coefficient (Wildman–Crippen LogP) is 1.46. The SMILES string of the molecule is COc1ccc(CNCCc2ncc[nH]2)cc1O. The number of methoxy groups -OCH3 is 1. The van der Waals surface area contributed by atoms with E-state index in [0.717, 1.165) is 24.4 Å². The number of aromatic amines is 1. The maximum atomic E-state index is 9.63. The first kappa shape index (κ1) is 12.4. The van der Waals surface area contributed by atoms with Gasteiger partial charge in [0.25, 0.3) is 0 Å². The van der Waals surface area contributed by atoms with Gasteiger partial charge in [-0.3, -0.25) is 0 Å². The van der Waals surface area contributed by atoms with Crippen molar-refractivity contribution in [2.45, 2.75) is 13.0 Å². The minimum atomic E-state index is 0.169. The molecule has 5 nitrogen and oxygen atoms in total. The fourth-order valence-electron chi connectivity index (χ4n) is 1.72. The summed E-state index contributed by atoms with van der Waals surface area (Å²) in [6.45, 7) is 1.54. The molecule has 18 heavy (non-hydrogen) atoms. The number of H-pyrrole nitrogens is 1. The van der Waals surface area contributed by atoms with Gasteiger partial charge in [-0.05, 0) is 17.7 Å². The van der Waals surface area contributed by atoms with Gasteiger partial charge in [-0.25, -0.2) is 4.98 Å². The Balaban J connectivity index is 1.78. The largest absolute Gasteiger partial charge is 0.504 e. The maximum Gasteiger partial charge on any atom is 0.160 e. The third kappa shape index (κ3) is 3.24. The van der Waals surface area contributed by atoms with Crippen LogP contribution in [-0.4, -0.2) is 28.7 Å². The number of phenols is 1. The van der Waals surface area contributed by atoms with E-state index in [0.29, 0.717) is 12.3 Å². The van der Waals surface area contributed by atoms with Gasteiger partial charge in [0.2, 0.25) is 0 Å². The molecule has 1 aromatic carbocycles. The Kier molecular flexibility index (Phi) is 4.20. The summed E-state index contributed by atoms with van der Waals surface area (Å²) >= 11 is 0. The van der Waals surface area contributed by atoms with E-state index in [1.165, 1.54) is 7.11 Å². The van der Waals surface area contributed by atoms with Crippen LogP contribution in [0.2, 0.25) is 0 Å². The van der Waals surface area contributed by atoms with Gasteiger partial charge in [0, 0.05) is 31.9 Å². The number of aromatic hydroxyl groups is 1. The summed E-state index contributed by atoms with van der Waals surface area (Å²) in [4.78, 5) is 7.20.